The number of hydrogen-bond donors (Lipinski definition) is 0. The summed E-state index contributed by atoms with van der Waals surface area (Å²) in [5, 5.41) is 2.63. The van der Waals surface area contributed by atoms with Crippen molar-refractivity contribution in [2.75, 3.05) is 9.80 Å². The van der Waals surface area contributed by atoms with Gasteiger partial charge in [-0.15, -0.1) is 11.3 Å². The van der Waals surface area contributed by atoms with Gasteiger partial charge in [-0.25, -0.2) is 0 Å². The summed E-state index contributed by atoms with van der Waals surface area (Å²) in [6, 6.07) is 67.6. The summed E-state index contributed by atoms with van der Waals surface area (Å²) in [6.45, 7) is 9.52. The van der Waals surface area contributed by atoms with Crippen LogP contribution < -0.4 is 9.80 Å². The molecule has 57 heavy (non-hydrogen) atoms. The van der Waals surface area contributed by atoms with E-state index in [1.165, 1.54) is 93.1 Å². The smallest absolute Gasteiger partial charge is 0.0503 e. The monoisotopic (exact) mass is 750 g/mol. The van der Waals surface area contributed by atoms with Crippen LogP contribution in [-0.4, -0.2) is 0 Å². The van der Waals surface area contributed by atoms with Crippen LogP contribution in [0.1, 0.15) is 49.9 Å². The molecular formula is C54H42N2S. The van der Waals surface area contributed by atoms with E-state index in [1.54, 1.807) is 0 Å². The molecule has 0 aliphatic carbocycles. The van der Waals surface area contributed by atoms with Crippen molar-refractivity contribution in [3.8, 4) is 22.3 Å². The van der Waals surface area contributed by atoms with E-state index in [0.717, 1.165) is 5.69 Å². The number of benzene rings is 8. The minimum atomic E-state index is -0.202. The van der Waals surface area contributed by atoms with Crippen molar-refractivity contribution in [3.63, 3.8) is 0 Å². The molecule has 0 fully saturated rings. The Morgan fingerprint density at radius 3 is 1.42 bits per heavy atom. The van der Waals surface area contributed by atoms with Crippen molar-refractivity contribution in [2.45, 2.75) is 38.5 Å². The van der Waals surface area contributed by atoms with Gasteiger partial charge in [-0.05, 0) is 117 Å². The highest BCUT2D eigenvalue weighted by atomic mass is 32.1. The van der Waals surface area contributed by atoms with E-state index in [-0.39, 0.29) is 10.8 Å². The molecule has 0 N–H and O–H groups in total. The van der Waals surface area contributed by atoms with Crippen LogP contribution in [0.2, 0.25) is 0 Å². The van der Waals surface area contributed by atoms with Gasteiger partial charge in [-0.2, -0.15) is 0 Å². The first-order valence-electron chi connectivity index (χ1n) is 19.9. The maximum Gasteiger partial charge on any atom is 0.0503 e. The van der Waals surface area contributed by atoms with Gasteiger partial charge in [0.15, 0.2) is 0 Å². The van der Waals surface area contributed by atoms with Crippen molar-refractivity contribution in [1.82, 2.24) is 0 Å². The van der Waals surface area contributed by atoms with E-state index in [0.29, 0.717) is 0 Å². The van der Waals surface area contributed by atoms with Crippen LogP contribution in [0, 0.1) is 0 Å². The highest BCUT2D eigenvalue weighted by Gasteiger charge is 2.39. The average Bonchev–Trinajstić information content (AvgIpc) is 3.62. The second kappa shape index (κ2) is 12.5. The molecule has 11 rings (SSSR count). The molecule has 0 saturated heterocycles. The van der Waals surface area contributed by atoms with Crippen molar-refractivity contribution < 1.29 is 0 Å². The first-order valence-corrected chi connectivity index (χ1v) is 20.7. The molecule has 0 saturated carbocycles. The normalized spacial score (nSPS) is 14.9. The van der Waals surface area contributed by atoms with Gasteiger partial charge in [0.25, 0.3) is 0 Å². The van der Waals surface area contributed by atoms with Crippen LogP contribution in [0.5, 0.6) is 0 Å². The van der Waals surface area contributed by atoms with Crippen LogP contribution in [0.15, 0.2) is 182 Å². The number of hydrogen-bond acceptors (Lipinski definition) is 3. The zero-order valence-corrected chi connectivity index (χ0v) is 33.4. The quantitative estimate of drug-likeness (QED) is 0.177. The molecule has 8 aromatic carbocycles. The summed E-state index contributed by atoms with van der Waals surface area (Å²) in [4.78, 5) is 4.94. The molecular weight excluding hydrogens is 709 g/mol. The Labute approximate surface area is 338 Å². The van der Waals surface area contributed by atoms with Crippen LogP contribution in [0.3, 0.4) is 0 Å². The highest BCUT2D eigenvalue weighted by molar-refractivity contribution is 7.25. The third kappa shape index (κ3) is 5.15. The molecule has 2 aliphatic rings. The number of fused-ring (bicyclic) bond motifs is 7. The molecule has 9 aromatic rings. The Balaban J connectivity index is 1.04. The maximum atomic E-state index is 2.49. The minimum Gasteiger partial charge on any atom is -0.310 e. The molecule has 3 heteroatoms. The van der Waals surface area contributed by atoms with Crippen molar-refractivity contribution in [3.05, 3.63) is 204 Å². The zero-order valence-electron chi connectivity index (χ0n) is 32.6. The fourth-order valence-corrected chi connectivity index (χ4v) is 10.7. The molecule has 0 bridgehead atoms. The fourth-order valence-electron chi connectivity index (χ4n) is 9.61. The number of thiophene rings is 1. The third-order valence-electron chi connectivity index (χ3n) is 12.6. The Kier molecular flexibility index (Phi) is 7.46. The topological polar surface area (TPSA) is 6.48 Å². The first-order chi connectivity index (χ1) is 27.8. The van der Waals surface area contributed by atoms with E-state index in [9.17, 15) is 0 Å². The van der Waals surface area contributed by atoms with E-state index < -0.39 is 0 Å². The zero-order chi connectivity index (χ0) is 38.5. The molecule has 0 spiro atoms. The SMILES string of the molecule is CC1(C)c2ccccc2N(c2ccc(-c3ccccc3)cc2)c2ccc(-c3ccc4c(c3)C(C)(C)c3ccccc3N4c3ccc4sc5ccccc5c4c3)cc21. The summed E-state index contributed by atoms with van der Waals surface area (Å²) in [5.41, 5.74) is 17.1. The molecule has 0 atom stereocenters. The van der Waals surface area contributed by atoms with Crippen molar-refractivity contribution in [2.24, 2.45) is 0 Å². The van der Waals surface area contributed by atoms with Crippen LogP contribution in [0.4, 0.5) is 34.1 Å². The van der Waals surface area contributed by atoms with Gasteiger partial charge >= 0.3 is 0 Å². The molecule has 2 nitrogen and oxygen atoms in total. The molecule has 2 aliphatic heterocycles. The standard InChI is InChI=1S/C54H42N2S/c1-53(2)43-17-9-11-19-47(43)55(39-26-22-36(23-27-39)35-14-6-5-7-15-35)49-29-24-37(32-45(49)53)38-25-30-50-46(33-38)54(3,4)44-18-10-12-20-48(44)56(50)40-28-31-52-42(34-40)41-16-8-13-21-51(41)57-52/h5-34H,1-4H3. The Morgan fingerprint density at radius 2 is 0.789 bits per heavy atom. The summed E-state index contributed by atoms with van der Waals surface area (Å²) in [5.74, 6) is 0. The van der Waals surface area contributed by atoms with Gasteiger partial charge < -0.3 is 9.80 Å². The Bertz CT molecular complexity index is 3020. The predicted octanol–water partition coefficient (Wildman–Crippen LogP) is 15.6. The fraction of sp³-hybridized carbons (Fsp3) is 0.111. The molecule has 3 heterocycles. The molecule has 0 radical (unpaired) electrons. The second-order valence-electron chi connectivity index (χ2n) is 16.6. The largest absolute Gasteiger partial charge is 0.310 e. The van der Waals surface area contributed by atoms with Crippen molar-refractivity contribution in [1.29, 1.82) is 0 Å². The first kappa shape index (κ1) is 33.9. The molecule has 274 valence electrons. The van der Waals surface area contributed by atoms with Crippen LogP contribution >= 0.6 is 11.3 Å². The second-order valence-corrected chi connectivity index (χ2v) is 17.7. The van der Waals surface area contributed by atoms with Gasteiger partial charge in [-0.1, -0.05) is 137 Å². The number of anilines is 6. The van der Waals surface area contributed by atoms with Crippen LogP contribution in [-0.2, 0) is 10.8 Å². The van der Waals surface area contributed by atoms with E-state index in [2.05, 4.69) is 219 Å². The summed E-state index contributed by atoms with van der Waals surface area (Å²) < 4.78 is 2.65. The minimum absolute atomic E-state index is 0.198. The third-order valence-corrected chi connectivity index (χ3v) is 13.8. The lowest BCUT2D eigenvalue weighted by Gasteiger charge is -2.43. The number of para-hydroxylation sites is 2. The summed E-state index contributed by atoms with van der Waals surface area (Å²) in [7, 11) is 0. The van der Waals surface area contributed by atoms with Gasteiger partial charge in [0.2, 0.25) is 0 Å². The van der Waals surface area contributed by atoms with E-state index in [4.69, 9.17) is 0 Å². The van der Waals surface area contributed by atoms with Gasteiger partial charge in [0.05, 0.1) is 22.7 Å². The van der Waals surface area contributed by atoms with E-state index in [1.807, 2.05) is 11.3 Å². The van der Waals surface area contributed by atoms with Crippen LogP contribution in [0.25, 0.3) is 42.4 Å². The van der Waals surface area contributed by atoms with Gasteiger partial charge in [-0.3, -0.25) is 0 Å². The molecule has 1 aromatic heterocycles. The number of nitrogens with zero attached hydrogens (tertiary/aromatic N) is 2. The average molecular weight is 751 g/mol. The lowest BCUT2D eigenvalue weighted by atomic mass is 9.71. The lowest BCUT2D eigenvalue weighted by molar-refractivity contribution is 0.631. The highest BCUT2D eigenvalue weighted by Crippen LogP contribution is 2.55. The molecule has 0 amide bonds. The van der Waals surface area contributed by atoms with E-state index >= 15 is 0 Å². The Morgan fingerprint density at radius 1 is 0.333 bits per heavy atom. The van der Waals surface area contributed by atoms with Crippen molar-refractivity contribution >= 4 is 65.6 Å². The Hall–Kier alpha value is -6.42. The summed E-state index contributed by atoms with van der Waals surface area (Å²) in [6.07, 6.45) is 0. The van der Waals surface area contributed by atoms with Gasteiger partial charge in [0, 0.05) is 42.4 Å². The molecule has 0 unspecified atom stereocenters. The van der Waals surface area contributed by atoms with Gasteiger partial charge in [0.1, 0.15) is 0 Å². The predicted molar refractivity (Wildman–Crippen MR) is 244 cm³/mol. The summed E-state index contributed by atoms with van der Waals surface area (Å²) >= 11 is 1.87. The number of rotatable bonds is 4. The lowest BCUT2D eigenvalue weighted by Crippen LogP contribution is -2.31. The maximum absolute atomic E-state index is 2.49.